The van der Waals surface area contributed by atoms with Gasteiger partial charge in [-0.3, -0.25) is 10.1 Å². The second-order valence-corrected chi connectivity index (χ2v) is 9.61. The van der Waals surface area contributed by atoms with Gasteiger partial charge in [0.1, 0.15) is 6.04 Å². The summed E-state index contributed by atoms with van der Waals surface area (Å²) in [6.07, 6.45) is 0. The first-order valence-electron chi connectivity index (χ1n) is 10.1. The molecule has 0 spiro atoms. The van der Waals surface area contributed by atoms with Crippen LogP contribution in [-0.4, -0.2) is 28.4 Å². The van der Waals surface area contributed by atoms with Crippen LogP contribution in [0.5, 0.6) is 0 Å². The van der Waals surface area contributed by atoms with E-state index in [1.807, 2.05) is 75.4 Å². The van der Waals surface area contributed by atoms with Crippen molar-refractivity contribution in [2.75, 3.05) is 5.75 Å². The average Bonchev–Trinajstić information content (AvgIpc) is 2.75. The molecule has 0 saturated carbocycles. The first-order valence-corrected chi connectivity index (χ1v) is 11.1. The number of carboxylic acid groups (broad SMARTS) is 1. The lowest BCUT2D eigenvalue weighted by Gasteiger charge is -2.37. The van der Waals surface area contributed by atoms with Gasteiger partial charge >= 0.3 is 5.97 Å². The predicted octanol–water partition coefficient (Wildman–Crippen LogP) is 5.55. The number of benzene rings is 3. The van der Waals surface area contributed by atoms with Crippen LogP contribution in [-0.2, 0) is 9.54 Å². The summed E-state index contributed by atoms with van der Waals surface area (Å²) in [5, 5.41) is 13.1. The Bertz CT molecular complexity index is 840. The first kappa shape index (κ1) is 22.1. The fourth-order valence-corrected chi connectivity index (χ4v) is 5.23. The molecule has 0 radical (unpaired) electrons. The molecular weight excluding hydrogens is 390 g/mol. The Morgan fingerprint density at radius 3 is 1.47 bits per heavy atom. The quantitative estimate of drug-likeness (QED) is 0.470. The number of hydrogen-bond acceptors (Lipinski definition) is 3. The van der Waals surface area contributed by atoms with Gasteiger partial charge in [-0.25, -0.2) is 0 Å². The van der Waals surface area contributed by atoms with Crippen molar-refractivity contribution >= 4 is 17.7 Å². The van der Waals surface area contributed by atoms with E-state index in [1.165, 1.54) is 0 Å². The van der Waals surface area contributed by atoms with Gasteiger partial charge in [-0.2, -0.15) is 0 Å². The van der Waals surface area contributed by atoms with Crippen molar-refractivity contribution in [3.05, 3.63) is 108 Å². The van der Waals surface area contributed by atoms with Gasteiger partial charge < -0.3 is 5.11 Å². The van der Waals surface area contributed by atoms with Crippen LogP contribution in [0.25, 0.3) is 0 Å². The summed E-state index contributed by atoms with van der Waals surface area (Å²) in [4.78, 5) is 12.0. The third-order valence-electron chi connectivity index (χ3n) is 4.91. The molecule has 30 heavy (non-hydrogen) atoms. The first-order chi connectivity index (χ1) is 14.3. The fourth-order valence-electron chi connectivity index (χ4n) is 3.67. The summed E-state index contributed by atoms with van der Waals surface area (Å²) >= 11 is 1.66. The minimum atomic E-state index is -0.833. The maximum atomic E-state index is 12.0. The van der Waals surface area contributed by atoms with Crippen molar-refractivity contribution in [2.24, 2.45) is 0 Å². The zero-order valence-corrected chi connectivity index (χ0v) is 18.5. The summed E-state index contributed by atoms with van der Waals surface area (Å²) in [7, 11) is 0. The molecular formula is C26H29NO2S. The SMILES string of the molecule is CC(C)(C)N[C@@H](CSC(c1ccccc1)(c1ccccc1)c1ccccc1)C(=O)O. The Balaban J connectivity index is 2.13. The van der Waals surface area contributed by atoms with Gasteiger partial charge in [0.2, 0.25) is 0 Å². The highest BCUT2D eigenvalue weighted by Gasteiger charge is 2.38. The Morgan fingerprint density at radius 2 is 1.17 bits per heavy atom. The van der Waals surface area contributed by atoms with E-state index in [1.54, 1.807) is 11.8 Å². The largest absolute Gasteiger partial charge is 0.480 e. The highest BCUT2D eigenvalue weighted by atomic mass is 32.2. The Hall–Kier alpha value is -2.56. The number of aliphatic carboxylic acids is 1. The van der Waals surface area contributed by atoms with Crippen molar-refractivity contribution < 1.29 is 9.90 Å². The second kappa shape index (κ2) is 9.50. The molecule has 0 aliphatic heterocycles. The van der Waals surface area contributed by atoms with Crippen molar-refractivity contribution in [1.82, 2.24) is 5.32 Å². The van der Waals surface area contributed by atoms with Crippen LogP contribution in [0, 0.1) is 0 Å². The van der Waals surface area contributed by atoms with Crippen molar-refractivity contribution in [3.63, 3.8) is 0 Å². The third kappa shape index (κ3) is 5.13. The van der Waals surface area contributed by atoms with E-state index in [2.05, 4.69) is 41.7 Å². The number of nitrogens with one attached hydrogen (secondary N) is 1. The lowest BCUT2D eigenvalue weighted by molar-refractivity contribution is -0.139. The summed E-state index contributed by atoms with van der Waals surface area (Å²) in [5.41, 5.74) is 3.10. The normalized spacial score (nSPS) is 13.0. The van der Waals surface area contributed by atoms with Gasteiger partial charge in [0, 0.05) is 11.3 Å². The van der Waals surface area contributed by atoms with Crippen LogP contribution < -0.4 is 5.32 Å². The zero-order valence-electron chi connectivity index (χ0n) is 17.7. The van der Waals surface area contributed by atoms with Crippen molar-refractivity contribution in [1.29, 1.82) is 0 Å². The molecule has 0 heterocycles. The summed E-state index contributed by atoms with van der Waals surface area (Å²) in [6, 6.07) is 30.4. The molecule has 0 bridgehead atoms. The summed E-state index contributed by atoms with van der Waals surface area (Å²) in [5.74, 6) is -0.411. The molecule has 0 saturated heterocycles. The number of carbonyl (C=O) groups is 1. The maximum Gasteiger partial charge on any atom is 0.321 e. The highest BCUT2D eigenvalue weighted by molar-refractivity contribution is 8.00. The molecule has 0 unspecified atom stereocenters. The molecule has 0 aliphatic carbocycles. The molecule has 3 aromatic rings. The minimum Gasteiger partial charge on any atom is -0.480 e. The lowest BCUT2D eigenvalue weighted by Crippen LogP contribution is -2.49. The monoisotopic (exact) mass is 419 g/mol. The standard InChI is InChI=1S/C26H29NO2S/c1-25(2,3)27-23(24(28)29)19-30-26(20-13-7-4-8-14-20,21-15-9-5-10-16-21)22-17-11-6-12-18-22/h4-18,23,27H,19H2,1-3H3,(H,28,29)/t23-/m0/s1. The Morgan fingerprint density at radius 1 is 0.800 bits per heavy atom. The van der Waals surface area contributed by atoms with E-state index in [-0.39, 0.29) is 5.54 Å². The van der Waals surface area contributed by atoms with Crippen molar-refractivity contribution in [2.45, 2.75) is 37.1 Å². The fraction of sp³-hybridized carbons (Fsp3) is 0.269. The van der Waals surface area contributed by atoms with Gasteiger partial charge in [0.25, 0.3) is 0 Å². The zero-order chi connectivity index (χ0) is 21.6. The van der Waals surface area contributed by atoms with E-state index in [4.69, 9.17) is 0 Å². The molecule has 3 rings (SSSR count). The molecule has 4 heteroatoms. The predicted molar refractivity (Wildman–Crippen MR) is 126 cm³/mol. The number of rotatable bonds is 8. The molecule has 1 atom stereocenters. The topological polar surface area (TPSA) is 49.3 Å². The summed E-state index contributed by atoms with van der Waals surface area (Å²) in [6.45, 7) is 5.98. The van der Waals surface area contributed by atoms with Crippen LogP contribution in [0.3, 0.4) is 0 Å². The highest BCUT2D eigenvalue weighted by Crippen LogP contribution is 2.48. The van der Waals surface area contributed by atoms with Gasteiger partial charge in [-0.05, 0) is 37.5 Å². The van der Waals surface area contributed by atoms with Crippen molar-refractivity contribution in [3.8, 4) is 0 Å². The van der Waals surface area contributed by atoms with Crippen LogP contribution >= 0.6 is 11.8 Å². The van der Waals surface area contributed by atoms with E-state index in [9.17, 15) is 9.90 Å². The average molecular weight is 420 g/mol. The van der Waals surface area contributed by atoms with Gasteiger partial charge in [0.05, 0.1) is 4.75 Å². The van der Waals surface area contributed by atoms with E-state index in [0.717, 1.165) is 16.7 Å². The van der Waals surface area contributed by atoms with Crippen LogP contribution in [0.1, 0.15) is 37.5 Å². The second-order valence-electron chi connectivity index (χ2n) is 8.38. The Labute approximate surface area is 183 Å². The molecule has 0 aliphatic rings. The summed E-state index contributed by atoms with van der Waals surface area (Å²) < 4.78 is -0.517. The number of hydrogen-bond donors (Lipinski definition) is 2. The minimum absolute atomic E-state index is 0.293. The molecule has 156 valence electrons. The van der Waals surface area contributed by atoms with Crippen LogP contribution in [0.15, 0.2) is 91.0 Å². The number of thioether (sulfide) groups is 1. The molecule has 0 aromatic heterocycles. The van der Waals surface area contributed by atoms with Gasteiger partial charge in [-0.15, -0.1) is 11.8 Å². The van der Waals surface area contributed by atoms with Crippen LogP contribution in [0.2, 0.25) is 0 Å². The lowest BCUT2D eigenvalue weighted by atomic mass is 9.84. The molecule has 0 amide bonds. The molecule has 3 nitrogen and oxygen atoms in total. The van der Waals surface area contributed by atoms with Crippen LogP contribution in [0.4, 0.5) is 0 Å². The van der Waals surface area contributed by atoms with Gasteiger partial charge in [0.15, 0.2) is 0 Å². The third-order valence-corrected chi connectivity index (χ3v) is 6.55. The van der Waals surface area contributed by atoms with Gasteiger partial charge in [-0.1, -0.05) is 91.0 Å². The molecule has 0 fully saturated rings. The van der Waals surface area contributed by atoms with E-state index >= 15 is 0 Å². The smallest absolute Gasteiger partial charge is 0.321 e. The molecule has 2 N–H and O–H groups in total. The Kier molecular flexibility index (Phi) is 7.01. The van der Waals surface area contributed by atoms with E-state index in [0.29, 0.717) is 5.75 Å². The molecule has 3 aromatic carbocycles. The van der Waals surface area contributed by atoms with E-state index < -0.39 is 16.8 Å². The maximum absolute atomic E-state index is 12.0. The number of carboxylic acids is 1.